The molecule has 1 amide bonds. The second-order valence-corrected chi connectivity index (χ2v) is 13.1. The number of benzene rings is 5. The first-order valence-electron chi connectivity index (χ1n) is 14.6. The van der Waals surface area contributed by atoms with E-state index in [0.29, 0.717) is 28.2 Å². The molecule has 0 fully saturated rings. The first-order chi connectivity index (χ1) is 21.4. The van der Waals surface area contributed by atoms with Crippen LogP contribution in [0, 0.1) is 5.41 Å². The largest absolute Gasteiger partial charge is 0.271 e. The summed E-state index contributed by atoms with van der Waals surface area (Å²) < 4.78 is 31.2. The van der Waals surface area contributed by atoms with Crippen LogP contribution in [0.1, 0.15) is 35.6 Å². The van der Waals surface area contributed by atoms with E-state index in [-0.39, 0.29) is 11.7 Å². The highest BCUT2D eigenvalue weighted by atomic mass is 32.2. The summed E-state index contributed by atoms with van der Waals surface area (Å²) in [6, 6.07) is 38.7. The van der Waals surface area contributed by atoms with E-state index in [1.165, 1.54) is 9.31 Å². The fourth-order valence-electron chi connectivity index (χ4n) is 7.05. The molecule has 2 aliphatic heterocycles. The Morgan fingerprint density at radius 3 is 2.16 bits per heavy atom. The topological polar surface area (TPSA) is 70.1 Å². The number of allylic oxidation sites excluding steroid dienone is 1. The van der Waals surface area contributed by atoms with Crippen LogP contribution in [-0.4, -0.2) is 20.0 Å². The van der Waals surface area contributed by atoms with Crippen molar-refractivity contribution in [2.24, 2.45) is 10.5 Å². The van der Waals surface area contributed by atoms with Crippen molar-refractivity contribution >= 4 is 43.8 Å². The normalized spacial score (nSPS) is 21.4. The molecule has 6 nitrogen and oxygen atoms in total. The zero-order valence-electron chi connectivity index (χ0n) is 24.2. The van der Waals surface area contributed by atoms with Gasteiger partial charge in [-0.05, 0) is 52.6 Å². The van der Waals surface area contributed by atoms with Crippen LogP contribution >= 0.6 is 0 Å². The highest BCUT2D eigenvalue weighted by Crippen LogP contribution is 2.61. The number of carbonyl (C=O) groups excluding carboxylic acids is 1. The molecule has 0 bridgehead atoms. The third-order valence-electron chi connectivity index (χ3n) is 8.91. The number of sulfonamides is 1. The standard InChI is InChI=1S/C37H31N3O3S/c1-3-33-32-22-12-13-24-34(32)40(44(42,43)25-27-15-6-4-7-16-27)35(31-23-14-18-28-17-10-11-21-30(28)31)37(33)26(2)38-39(36(37)41)29-19-8-5-9-20-29/h3-24,33,35H,1,25H2,2H3/t33-,35-,37?/m1/s1. The van der Waals surface area contributed by atoms with Crippen LogP contribution in [0.4, 0.5) is 11.4 Å². The minimum Gasteiger partial charge on any atom is -0.271 e. The number of hydrogen-bond acceptors (Lipinski definition) is 4. The Balaban J connectivity index is 1.57. The third-order valence-corrected chi connectivity index (χ3v) is 10.6. The Kier molecular flexibility index (Phi) is 6.70. The van der Waals surface area contributed by atoms with Gasteiger partial charge in [0.1, 0.15) is 5.41 Å². The van der Waals surface area contributed by atoms with Gasteiger partial charge in [0.2, 0.25) is 10.0 Å². The smallest absolute Gasteiger partial charge is 0.262 e. The van der Waals surface area contributed by atoms with Gasteiger partial charge in [0.05, 0.1) is 28.9 Å². The number of fused-ring (bicyclic) bond motifs is 2. The molecule has 0 radical (unpaired) electrons. The molecule has 7 rings (SSSR count). The molecule has 7 heteroatoms. The van der Waals surface area contributed by atoms with Crippen LogP contribution in [-0.2, 0) is 20.6 Å². The third kappa shape index (κ3) is 4.11. The number of hydrogen-bond donors (Lipinski definition) is 0. The van der Waals surface area contributed by atoms with Crippen LogP contribution in [0.2, 0.25) is 0 Å². The lowest BCUT2D eigenvalue weighted by Crippen LogP contribution is -2.58. The Bertz CT molecular complexity index is 2040. The monoisotopic (exact) mass is 597 g/mol. The molecule has 5 aromatic rings. The lowest BCUT2D eigenvalue weighted by atomic mass is 9.60. The van der Waals surface area contributed by atoms with Crippen LogP contribution in [0.5, 0.6) is 0 Å². The molecule has 1 unspecified atom stereocenters. The summed E-state index contributed by atoms with van der Waals surface area (Å²) in [6.07, 6.45) is 1.78. The molecule has 2 aliphatic rings. The summed E-state index contributed by atoms with van der Waals surface area (Å²) >= 11 is 0. The minimum absolute atomic E-state index is 0.231. The highest BCUT2D eigenvalue weighted by molar-refractivity contribution is 7.92. The fourth-order valence-corrected chi connectivity index (χ4v) is 8.87. The predicted octanol–water partition coefficient (Wildman–Crippen LogP) is 7.61. The number of anilines is 2. The molecule has 0 saturated carbocycles. The summed E-state index contributed by atoms with van der Waals surface area (Å²) in [6.45, 7) is 6.06. The van der Waals surface area contributed by atoms with Gasteiger partial charge in [-0.1, -0.05) is 115 Å². The van der Waals surface area contributed by atoms with Crippen LogP contribution < -0.4 is 9.31 Å². The van der Waals surface area contributed by atoms with Crippen LogP contribution in [0.25, 0.3) is 10.8 Å². The fraction of sp³-hybridized carbons (Fsp3) is 0.135. The summed E-state index contributed by atoms with van der Waals surface area (Å²) in [5.74, 6) is -1.08. The Labute approximate surface area is 257 Å². The maximum Gasteiger partial charge on any atom is 0.262 e. The molecule has 3 atom stereocenters. The second kappa shape index (κ2) is 10.6. The van der Waals surface area contributed by atoms with Gasteiger partial charge in [0.15, 0.2) is 0 Å². The van der Waals surface area contributed by atoms with Crippen molar-refractivity contribution in [3.63, 3.8) is 0 Å². The first kappa shape index (κ1) is 27.8. The molecule has 0 saturated heterocycles. The molecule has 0 aromatic heterocycles. The quantitative estimate of drug-likeness (QED) is 0.189. The minimum atomic E-state index is -4.07. The van der Waals surface area contributed by atoms with E-state index in [1.54, 1.807) is 6.08 Å². The van der Waals surface area contributed by atoms with Crippen LogP contribution in [0.3, 0.4) is 0 Å². The zero-order valence-corrected chi connectivity index (χ0v) is 25.1. The van der Waals surface area contributed by atoms with Crippen molar-refractivity contribution in [3.8, 4) is 0 Å². The van der Waals surface area contributed by atoms with Gasteiger partial charge in [-0.25, -0.2) is 8.42 Å². The van der Waals surface area contributed by atoms with E-state index in [9.17, 15) is 8.42 Å². The number of nitrogens with zero attached hydrogens (tertiary/aromatic N) is 3. The molecule has 218 valence electrons. The van der Waals surface area contributed by atoms with E-state index in [4.69, 9.17) is 5.10 Å². The van der Waals surface area contributed by atoms with Crippen LogP contribution in [0.15, 0.2) is 145 Å². The predicted molar refractivity (Wildman–Crippen MR) is 177 cm³/mol. The van der Waals surface area contributed by atoms with Gasteiger partial charge in [0.25, 0.3) is 5.91 Å². The molecule has 0 aliphatic carbocycles. The van der Waals surface area contributed by atoms with E-state index in [2.05, 4.69) is 6.58 Å². The van der Waals surface area contributed by atoms with Gasteiger partial charge in [0, 0.05) is 5.92 Å². The van der Waals surface area contributed by atoms with Crippen molar-refractivity contribution < 1.29 is 13.2 Å². The van der Waals surface area contributed by atoms with Crippen molar-refractivity contribution in [2.75, 3.05) is 9.31 Å². The van der Waals surface area contributed by atoms with Crippen molar-refractivity contribution in [2.45, 2.75) is 24.6 Å². The van der Waals surface area contributed by atoms with E-state index < -0.39 is 27.4 Å². The molecule has 5 aromatic carbocycles. The maximum absolute atomic E-state index is 15.2. The molecular weight excluding hydrogens is 566 g/mol. The lowest BCUT2D eigenvalue weighted by Gasteiger charge is -2.51. The summed E-state index contributed by atoms with van der Waals surface area (Å²) in [7, 11) is -4.07. The van der Waals surface area contributed by atoms with E-state index in [0.717, 1.165) is 16.3 Å². The van der Waals surface area contributed by atoms with Gasteiger partial charge in [-0.3, -0.25) is 9.10 Å². The summed E-state index contributed by atoms with van der Waals surface area (Å²) in [5.41, 5.74) is 2.38. The Morgan fingerprint density at radius 1 is 0.795 bits per heavy atom. The van der Waals surface area contributed by atoms with Gasteiger partial charge in [-0.2, -0.15) is 10.1 Å². The molecule has 0 N–H and O–H groups in total. The molecule has 44 heavy (non-hydrogen) atoms. The lowest BCUT2D eigenvalue weighted by molar-refractivity contribution is -0.125. The second-order valence-electron chi connectivity index (χ2n) is 11.3. The molecule has 1 spiro atoms. The van der Waals surface area contributed by atoms with E-state index in [1.807, 2.05) is 134 Å². The Morgan fingerprint density at radius 2 is 1.41 bits per heavy atom. The summed E-state index contributed by atoms with van der Waals surface area (Å²) in [5, 5.41) is 8.13. The Hall–Kier alpha value is -5.01. The van der Waals surface area contributed by atoms with Gasteiger partial charge >= 0.3 is 0 Å². The van der Waals surface area contributed by atoms with Gasteiger partial charge < -0.3 is 0 Å². The van der Waals surface area contributed by atoms with Crippen molar-refractivity contribution in [1.29, 1.82) is 0 Å². The average Bonchev–Trinajstić information content (AvgIpc) is 3.30. The zero-order chi connectivity index (χ0) is 30.5. The SMILES string of the molecule is C=C[C@@H]1c2ccccc2N(S(=O)(=O)Cc2ccccc2)[C@H](c2cccc3ccccc23)C12C(=O)N(c1ccccc1)N=C2C. The number of amides is 1. The number of para-hydroxylation sites is 2. The summed E-state index contributed by atoms with van der Waals surface area (Å²) in [4.78, 5) is 15.2. The average molecular weight is 598 g/mol. The first-order valence-corrected chi connectivity index (χ1v) is 16.2. The van der Waals surface area contributed by atoms with Crippen molar-refractivity contribution in [3.05, 3.63) is 157 Å². The van der Waals surface area contributed by atoms with E-state index >= 15 is 4.79 Å². The van der Waals surface area contributed by atoms with Crippen molar-refractivity contribution in [1.82, 2.24) is 0 Å². The maximum atomic E-state index is 15.2. The number of carbonyl (C=O) groups is 1. The number of hydrazone groups is 1. The highest BCUT2D eigenvalue weighted by Gasteiger charge is 2.65. The van der Waals surface area contributed by atoms with Gasteiger partial charge in [-0.15, -0.1) is 6.58 Å². The number of rotatable bonds is 6. The molecular formula is C37H31N3O3S. The molecule has 2 heterocycles.